The molecule has 0 saturated carbocycles. The van der Waals surface area contributed by atoms with Gasteiger partial charge in [-0.05, 0) is 42.5 Å². The van der Waals surface area contributed by atoms with Crippen molar-refractivity contribution in [1.29, 1.82) is 0 Å². The van der Waals surface area contributed by atoms with Gasteiger partial charge in [-0.15, -0.1) is 0 Å². The summed E-state index contributed by atoms with van der Waals surface area (Å²) in [5.41, 5.74) is 6.80. The Balaban J connectivity index is 1.99. The number of anilines is 1. The van der Waals surface area contributed by atoms with Crippen LogP contribution in [0, 0.1) is 0 Å². The average molecular weight is 385 g/mol. The van der Waals surface area contributed by atoms with Crippen molar-refractivity contribution in [2.75, 3.05) is 5.73 Å². The van der Waals surface area contributed by atoms with E-state index in [-0.39, 0.29) is 23.3 Å². The average Bonchev–Trinajstić information content (AvgIpc) is 2.55. The molecule has 3 rings (SSSR count). The van der Waals surface area contributed by atoms with Crippen molar-refractivity contribution in [2.24, 2.45) is 0 Å². The Hall–Kier alpha value is -2.93. The highest BCUT2D eigenvalue weighted by Gasteiger charge is 2.09. The second-order valence-corrected chi connectivity index (χ2v) is 5.84. The molecule has 120 valence electrons. The largest absolute Gasteiger partial charge is 0.507 e. The Morgan fingerprint density at radius 1 is 0.917 bits per heavy atom. The molecule has 6 nitrogen and oxygen atoms in total. The van der Waals surface area contributed by atoms with Crippen LogP contribution in [-0.4, -0.2) is 25.2 Å². The molecule has 4 N–H and O–H groups in total. The maximum atomic E-state index is 9.92. The topological polar surface area (TPSA) is 105 Å². The van der Waals surface area contributed by atoms with Crippen LogP contribution in [-0.2, 0) is 0 Å². The standard InChI is InChI=1S/C17H13BrN4O2/c18-11-6-7-13(23)10(9-11)5-8-15-20-16(22-17(19)21-15)12-3-1-2-4-14(12)24/h1-9,23-24H,(H2,19,20,21,22)/b8-5+. The van der Waals surface area contributed by atoms with E-state index >= 15 is 0 Å². The zero-order chi connectivity index (χ0) is 17.1. The molecule has 0 aliphatic carbocycles. The van der Waals surface area contributed by atoms with Crippen LogP contribution < -0.4 is 5.73 Å². The summed E-state index contributed by atoms with van der Waals surface area (Å²) in [5, 5.41) is 19.8. The number of hydrogen-bond acceptors (Lipinski definition) is 6. The normalized spacial score (nSPS) is 11.0. The molecule has 0 unspecified atom stereocenters. The second kappa shape index (κ2) is 6.67. The number of rotatable bonds is 3. The van der Waals surface area contributed by atoms with Gasteiger partial charge in [-0.25, -0.2) is 4.98 Å². The number of phenolic OH excluding ortho intramolecular Hbond substituents is 2. The van der Waals surface area contributed by atoms with Gasteiger partial charge in [0, 0.05) is 10.0 Å². The summed E-state index contributed by atoms with van der Waals surface area (Å²) in [7, 11) is 0. The van der Waals surface area contributed by atoms with E-state index in [1.807, 2.05) is 0 Å². The highest BCUT2D eigenvalue weighted by molar-refractivity contribution is 9.10. The predicted octanol–water partition coefficient (Wildman–Crippen LogP) is 3.46. The van der Waals surface area contributed by atoms with Crippen LogP contribution in [0.15, 0.2) is 46.9 Å². The Morgan fingerprint density at radius 2 is 1.71 bits per heavy atom. The first-order valence-corrected chi connectivity index (χ1v) is 7.79. The lowest BCUT2D eigenvalue weighted by Gasteiger charge is -2.04. The van der Waals surface area contributed by atoms with Gasteiger partial charge in [0.05, 0.1) is 5.56 Å². The van der Waals surface area contributed by atoms with E-state index < -0.39 is 0 Å². The van der Waals surface area contributed by atoms with Gasteiger partial charge in [-0.3, -0.25) is 0 Å². The minimum absolute atomic E-state index is 0.0429. The van der Waals surface area contributed by atoms with Crippen LogP contribution in [0.25, 0.3) is 23.5 Å². The first kappa shape index (κ1) is 15.9. The molecule has 7 heteroatoms. The van der Waals surface area contributed by atoms with Gasteiger partial charge < -0.3 is 15.9 Å². The Morgan fingerprint density at radius 3 is 2.50 bits per heavy atom. The summed E-state index contributed by atoms with van der Waals surface area (Å²) < 4.78 is 0.838. The molecule has 0 atom stereocenters. The lowest BCUT2D eigenvalue weighted by molar-refractivity contribution is 0.474. The third-order valence-electron chi connectivity index (χ3n) is 3.22. The molecule has 24 heavy (non-hydrogen) atoms. The van der Waals surface area contributed by atoms with Crippen LogP contribution in [0.2, 0.25) is 0 Å². The molecule has 2 aromatic carbocycles. The number of halogens is 1. The molecule has 0 radical (unpaired) electrons. The Bertz CT molecular complexity index is 928. The van der Waals surface area contributed by atoms with Gasteiger partial charge in [0.2, 0.25) is 5.95 Å². The van der Waals surface area contributed by atoms with Crippen molar-refractivity contribution in [2.45, 2.75) is 0 Å². The molecule has 1 aromatic heterocycles. The summed E-state index contributed by atoms with van der Waals surface area (Å²) in [5.74, 6) is 0.834. The van der Waals surface area contributed by atoms with E-state index in [4.69, 9.17) is 5.73 Å². The van der Waals surface area contributed by atoms with Gasteiger partial charge in [0.25, 0.3) is 0 Å². The maximum absolute atomic E-state index is 9.92. The summed E-state index contributed by atoms with van der Waals surface area (Å²) in [6, 6.07) is 11.8. The third-order valence-corrected chi connectivity index (χ3v) is 3.71. The Kier molecular flexibility index (Phi) is 4.43. The van der Waals surface area contributed by atoms with E-state index in [1.165, 1.54) is 0 Å². The van der Waals surface area contributed by atoms with Gasteiger partial charge >= 0.3 is 0 Å². The number of aromatic hydroxyl groups is 2. The number of para-hydroxylation sites is 1. The van der Waals surface area contributed by atoms with Crippen molar-refractivity contribution in [3.05, 3.63) is 58.3 Å². The molecular weight excluding hydrogens is 372 g/mol. The van der Waals surface area contributed by atoms with Crippen LogP contribution in [0.1, 0.15) is 11.4 Å². The van der Waals surface area contributed by atoms with E-state index in [1.54, 1.807) is 54.6 Å². The minimum Gasteiger partial charge on any atom is -0.507 e. The fourth-order valence-electron chi connectivity index (χ4n) is 2.09. The van der Waals surface area contributed by atoms with Gasteiger partial charge in [-0.1, -0.05) is 28.1 Å². The quantitative estimate of drug-likeness (QED) is 0.638. The summed E-state index contributed by atoms with van der Waals surface area (Å²) in [4.78, 5) is 12.4. The first-order valence-electron chi connectivity index (χ1n) is 6.99. The van der Waals surface area contributed by atoms with Crippen molar-refractivity contribution in [3.8, 4) is 22.9 Å². The highest BCUT2D eigenvalue weighted by atomic mass is 79.9. The van der Waals surface area contributed by atoms with Crippen molar-refractivity contribution in [3.63, 3.8) is 0 Å². The molecule has 0 spiro atoms. The number of phenols is 2. The molecule has 3 aromatic rings. The molecular formula is C17H13BrN4O2. The highest BCUT2D eigenvalue weighted by Crippen LogP contribution is 2.27. The monoisotopic (exact) mass is 384 g/mol. The van der Waals surface area contributed by atoms with E-state index in [2.05, 4.69) is 30.9 Å². The van der Waals surface area contributed by atoms with E-state index in [0.29, 0.717) is 17.0 Å². The second-order valence-electron chi connectivity index (χ2n) is 4.93. The predicted molar refractivity (Wildman–Crippen MR) is 96.1 cm³/mol. The fraction of sp³-hybridized carbons (Fsp3) is 0. The lowest BCUT2D eigenvalue weighted by Crippen LogP contribution is -2.02. The fourth-order valence-corrected chi connectivity index (χ4v) is 2.47. The summed E-state index contributed by atoms with van der Waals surface area (Å²) in [6.45, 7) is 0. The summed E-state index contributed by atoms with van der Waals surface area (Å²) >= 11 is 3.35. The third kappa shape index (κ3) is 3.52. The van der Waals surface area contributed by atoms with Crippen LogP contribution >= 0.6 is 15.9 Å². The Labute approximate surface area is 146 Å². The number of benzene rings is 2. The lowest BCUT2D eigenvalue weighted by atomic mass is 10.2. The minimum atomic E-state index is 0.0429. The molecule has 0 bridgehead atoms. The molecule has 0 fully saturated rings. The van der Waals surface area contributed by atoms with Crippen LogP contribution in [0.5, 0.6) is 11.5 Å². The van der Waals surface area contributed by atoms with Crippen molar-refractivity contribution in [1.82, 2.24) is 15.0 Å². The van der Waals surface area contributed by atoms with Gasteiger partial charge in [0.15, 0.2) is 11.6 Å². The van der Waals surface area contributed by atoms with E-state index in [9.17, 15) is 10.2 Å². The van der Waals surface area contributed by atoms with Crippen LogP contribution in [0.4, 0.5) is 5.95 Å². The molecule has 0 aliphatic heterocycles. The molecule has 1 heterocycles. The number of aromatic nitrogens is 3. The number of nitrogen functional groups attached to an aromatic ring is 1. The molecule has 0 amide bonds. The van der Waals surface area contributed by atoms with Gasteiger partial charge in [-0.2, -0.15) is 9.97 Å². The maximum Gasteiger partial charge on any atom is 0.224 e. The van der Waals surface area contributed by atoms with Crippen molar-refractivity contribution >= 4 is 34.0 Å². The van der Waals surface area contributed by atoms with Crippen molar-refractivity contribution < 1.29 is 10.2 Å². The zero-order valence-corrected chi connectivity index (χ0v) is 14.0. The van der Waals surface area contributed by atoms with Gasteiger partial charge in [0.1, 0.15) is 11.5 Å². The molecule has 0 saturated heterocycles. The first-order chi connectivity index (χ1) is 11.5. The smallest absolute Gasteiger partial charge is 0.224 e. The van der Waals surface area contributed by atoms with Crippen LogP contribution in [0.3, 0.4) is 0 Å². The molecule has 0 aliphatic rings. The number of nitrogens with two attached hydrogens (primary N) is 1. The summed E-state index contributed by atoms with van der Waals surface area (Å²) in [6.07, 6.45) is 3.28. The zero-order valence-electron chi connectivity index (χ0n) is 12.4. The SMILES string of the molecule is Nc1nc(/C=C/c2cc(Br)ccc2O)nc(-c2ccccc2O)n1. The number of nitrogens with zero attached hydrogens (tertiary/aromatic N) is 3. The van der Waals surface area contributed by atoms with E-state index in [0.717, 1.165) is 4.47 Å². The number of hydrogen-bond donors (Lipinski definition) is 3.